The van der Waals surface area contributed by atoms with Crippen molar-refractivity contribution in [1.29, 1.82) is 0 Å². The van der Waals surface area contributed by atoms with Crippen LogP contribution >= 0.6 is 0 Å². The predicted octanol–water partition coefficient (Wildman–Crippen LogP) is -2.44. The number of morpholine rings is 1. The lowest BCUT2D eigenvalue weighted by Gasteiger charge is -2.40. The highest BCUT2D eigenvalue weighted by Gasteiger charge is 2.37. The van der Waals surface area contributed by atoms with E-state index in [0.717, 1.165) is 0 Å². The molecule has 2 heterocycles. The van der Waals surface area contributed by atoms with Gasteiger partial charge in [-0.15, -0.1) is 0 Å². The molecule has 3 N–H and O–H groups in total. The second-order valence-corrected chi connectivity index (χ2v) is 8.27. The number of hydrogen-bond acceptors (Lipinski definition) is 6. The Labute approximate surface area is 148 Å². The molecule has 2 aliphatic rings. The van der Waals surface area contributed by atoms with E-state index in [1.54, 1.807) is 4.90 Å². The smallest absolute Gasteiger partial charge is 0.282 e. The summed E-state index contributed by atoms with van der Waals surface area (Å²) in [4.78, 5) is 24.7. The zero-order valence-corrected chi connectivity index (χ0v) is 15.5. The van der Waals surface area contributed by atoms with Gasteiger partial charge in [-0.25, -0.2) is 0 Å². The summed E-state index contributed by atoms with van der Waals surface area (Å²) < 4.78 is 34.0. The lowest BCUT2D eigenvalue weighted by Crippen LogP contribution is -2.58. The van der Waals surface area contributed by atoms with Crippen LogP contribution in [0.1, 0.15) is 13.8 Å². The van der Waals surface area contributed by atoms with Crippen LogP contribution < -0.4 is 11.1 Å². The van der Waals surface area contributed by atoms with Crippen LogP contribution in [0.4, 0.5) is 0 Å². The first-order valence-electron chi connectivity index (χ1n) is 8.39. The Bertz CT molecular complexity index is 580. The normalized spacial score (nSPS) is 26.4. The molecule has 2 saturated heterocycles. The van der Waals surface area contributed by atoms with E-state index in [9.17, 15) is 18.0 Å². The molecule has 2 fully saturated rings. The van der Waals surface area contributed by atoms with E-state index in [4.69, 9.17) is 10.5 Å². The third-order valence-corrected chi connectivity index (χ3v) is 6.22. The summed E-state index contributed by atoms with van der Waals surface area (Å²) in [6, 6.07) is 0. The van der Waals surface area contributed by atoms with Gasteiger partial charge in [0.25, 0.3) is 10.2 Å². The number of rotatable bonds is 5. The molecule has 0 radical (unpaired) electrons. The zero-order chi connectivity index (χ0) is 18.6. The number of piperazine rings is 1. The van der Waals surface area contributed by atoms with E-state index in [1.807, 2.05) is 13.8 Å². The molecule has 2 amide bonds. The molecule has 0 bridgehead atoms. The summed E-state index contributed by atoms with van der Waals surface area (Å²) in [5, 5.41) is 2.42. The molecule has 11 heteroatoms. The van der Waals surface area contributed by atoms with E-state index < -0.39 is 16.1 Å². The minimum atomic E-state index is -3.57. The summed E-state index contributed by atoms with van der Waals surface area (Å²) >= 11 is 0. The van der Waals surface area contributed by atoms with Crippen LogP contribution in [-0.4, -0.2) is 98.3 Å². The Morgan fingerprint density at radius 2 is 1.64 bits per heavy atom. The third kappa shape index (κ3) is 5.11. The van der Waals surface area contributed by atoms with Gasteiger partial charge in [0.1, 0.15) is 0 Å². The van der Waals surface area contributed by atoms with Crippen molar-refractivity contribution in [3.05, 3.63) is 0 Å². The highest BCUT2D eigenvalue weighted by molar-refractivity contribution is 7.86. The highest BCUT2D eigenvalue weighted by atomic mass is 32.2. The lowest BCUT2D eigenvalue weighted by atomic mass is 10.3. The van der Waals surface area contributed by atoms with Gasteiger partial charge in [-0.2, -0.15) is 17.0 Å². The first-order valence-corrected chi connectivity index (χ1v) is 9.79. The number of nitrogens with one attached hydrogen (secondary N) is 1. The number of carbonyl (C=O) groups is 2. The summed E-state index contributed by atoms with van der Waals surface area (Å²) in [7, 11) is -3.57. The standard InChI is InChI=1S/C14H27N5O5S/c1-11-9-19(10-12(2)24-11)25(22,23)18-5-3-17(4-6-18)14(21)8-16-13(20)7-15/h11-12H,3-10,15H2,1-2H3,(H,16,20). The fraction of sp³-hybridized carbons (Fsp3) is 0.857. The Kier molecular flexibility index (Phi) is 6.74. The quantitative estimate of drug-likeness (QED) is 0.548. The van der Waals surface area contributed by atoms with E-state index in [1.165, 1.54) is 8.61 Å². The number of hydrogen-bond donors (Lipinski definition) is 2. The van der Waals surface area contributed by atoms with Crippen LogP contribution in [0.5, 0.6) is 0 Å². The van der Waals surface area contributed by atoms with Crippen LogP contribution in [0.25, 0.3) is 0 Å². The molecule has 0 aliphatic carbocycles. The molecule has 0 spiro atoms. The number of ether oxygens (including phenoxy) is 1. The summed E-state index contributed by atoms with van der Waals surface area (Å²) in [5.41, 5.74) is 5.17. The van der Waals surface area contributed by atoms with E-state index in [2.05, 4.69) is 5.32 Å². The zero-order valence-electron chi connectivity index (χ0n) is 14.7. The number of nitrogens with two attached hydrogens (primary N) is 1. The minimum absolute atomic E-state index is 0.124. The fourth-order valence-electron chi connectivity index (χ4n) is 3.01. The SMILES string of the molecule is CC1CN(S(=O)(=O)N2CCN(C(=O)CNC(=O)CN)CC2)CC(C)O1. The average molecular weight is 377 g/mol. The van der Waals surface area contributed by atoms with Gasteiger partial charge >= 0.3 is 0 Å². The molecular weight excluding hydrogens is 350 g/mol. The molecule has 0 aromatic heterocycles. The number of amides is 2. The first kappa shape index (κ1) is 20.0. The van der Waals surface area contributed by atoms with E-state index in [-0.39, 0.29) is 44.3 Å². The second-order valence-electron chi connectivity index (χ2n) is 6.34. The first-order chi connectivity index (χ1) is 11.7. The lowest BCUT2D eigenvalue weighted by molar-refractivity contribution is -0.133. The average Bonchev–Trinajstić information content (AvgIpc) is 2.58. The number of carbonyl (C=O) groups excluding carboxylic acids is 2. The van der Waals surface area contributed by atoms with Gasteiger partial charge in [0.15, 0.2) is 0 Å². The predicted molar refractivity (Wildman–Crippen MR) is 90.7 cm³/mol. The Morgan fingerprint density at radius 1 is 1.08 bits per heavy atom. The molecule has 2 atom stereocenters. The fourth-order valence-corrected chi connectivity index (χ4v) is 4.76. The largest absolute Gasteiger partial charge is 0.373 e. The van der Waals surface area contributed by atoms with Crippen molar-refractivity contribution in [3.8, 4) is 0 Å². The van der Waals surface area contributed by atoms with Crippen molar-refractivity contribution in [2.45, 2.75) is 26.1 Å². The van der Waals surface area contributed by atoms with Gasteiger partial charge < -0.3 is 20.7 Å². The van der Waals surface area contributed by atoms with Gasteiger partial charge in [0, 0.05) is 39.3 Å². The van der Waals surface area contributed by atoms with Crippen LogP contribution in [0.3, 0.4) is 0 Å². The van der Waals surface area contributed by atoms with Crippen molar-refractivity contribution in [2.75, 3.05) is 52.4 Å². The highest BCUT2D eigenvalue weighted by Crippen LogP contribution is 2.18. The Hall–Kier alpha value is -1.27. The molecular formula is C14H27N5O5S. The molecule has 144 valence electrons. The van der Waals surface area contributed by atoms with Gasteiger partial charge in [0.05, 0.1) is 25.3 Å². The maximum Gasteiger partial charge on any atom is 0.282 e. The van der Waals surface area contributed by atoms with Crippen molar-refractivity contribution in [2.24, 2.45) is 5.73 Å². The van der Waals surface area contributed by atoms with Crippen LogP contribution in [-0.2, 0) is 24.5 Å². The van der Waals surface area contributed by atoms with E-state index in [0.29, 0.717) is 26.2 Å². The van der Waals surface area contributed by atoms with Gasteiger partial charge in [0.2, 0.25) is 11.8 Å². The van der Waals surface area contributed by atoms with E-state index >= 15 is 0 Å². The second kappa shape index (κ2) is 8.41. The summed E-state index contributed by atoms with van der Waals surface area (Å²) in [5.74, 6) is -0.641. The maximum absolute atomic E-state index is 12.8. The third-order valence-electron chi connectivity index (χ3n) is 4.25. The molecule has 2 rings (SSSR count). The maximum atomic E-state index is 12.8. The minimum Gasteiger partial charge on any atom is -0.373 e. The summed E-state index contributed by atoms with van der Waals surface area (Å²) in [6.45, 7) is 5.13. The van der Waals surface area contributed by atoms with Gasteiger partial charge in [-0.05, 0) is 13.8 Å². The molecule has 2 aliphatic heterocycles. The van der Waals surface area contributed by atoms with Crippen molar-refractivity contribution < 1.29 is 22.7 Å². The van der Waals surface area contributed by atoms with Gasteiger partial charge in [-0.3, -0.25) is 9.59 Å². The van der Waals surface area contributed by atoms with Crippen LogP contribution in [0.15, 0.2) is 0 Å². The molecule has 25 heavy (non-hydrogen) atoms. The van der Waals surface area contributed by atoms with Crippen molar-refractivity contribution in [3.63, 3.8) is 0 Å². The Balaban J connectivity index is 1.88. The molecule has 0 saturated carbocycles. The molecule has 0 aromatic rings. The molecule has 10 nitrogen and oxygen atoms in total. The van der Waals surface area contributed by atoms with Crippen molar-refractivity contribution >= 4 is 22.0 Å². The Morgan fingerprint density at radius 3 is 2.16 bits per heavy atom. The monoisotopic (exact) mass is 377 g/mol. The molecule has 0 aromatic carbocycles. The number of nitrogens with zero attached hydrogens (tertiary/aromatic N) is 3. The van der Waals surface area contributed by atoms with Crippen molar-refractivity contribution in [1.82, 2.24) is 18.8 Å². The van der Waals surface area contributed by atoms with Gasteiger partial charge in [-0.1, -0.05) is 0 Å². The van der Waals surface area contributed by atoms with Crippen LogP contribution in [0, 0.1) is 0 Å². The summed E-state index contributed by atoms with van der Waals surface area (Å²) in [6.07, 6.45) is -0.292. The van der Waals surface area contributed by atoms with Crippen LogP contribution in [0.2, 0.25) is 0 Å². The molecule has 2 unspecified atom stereocenters. The topological polar surface area (TPSA) is 125 Å².